The van der Waals surface area contributed by atoms with E-state index in [9.17, 15) is 0 Å². The second kappa shape index (κ2) is 9.55. The monoisotopic (exact) mass is 314 g/mol. The first-order valence-corrected chi connectivity index (χ1v) is 8.23. The molecule has 0 saturated carbocycles. The van der Waals surface area contributed by atoms with Gasteiger partial charge in [0.25, 0.3) is 0 Å². The molecule has 0 aliphatic heterocycles. The van der Waals surface area contributed by atoms with Gasteiger partial charge in [0, 0.05) is 20.1 Å². The molecule has 114 valence electrons. The van der Waals surface area contributed by atoms with Gasteiger partial charge in [-0.15, -0.1) is 0 Å². The molecule has 20 heavy (non-hydrogen) atoms. The van der Waals surface area contributed by atoms with E-state index in [1.54, 1.807) is 0 Å². The van der Waals surface area contributed by atoms with Crippen LogP contribution in [0.25, 0.3) is 0 Å². The van der Waals surface area contributed by atoms with Crippen molar-refractivity contribution in [2.45, 2.75) is 26.7 Å². The van der Waals surface area contributed by atoms with Crippen molar-refractivity contribution < 1.29 is 4.74 Å². The zero-order valence-corrected chi connectivity index (χ0v) is 14.5. The minimum atomic E-state index is 0.731. The Hall–Kier alpha value is -0.360. The van der Waals surface area contributed by atoms with E-state index in [4.69, 9.17) is 29.2 Å². The lowest BCUT2D eigenvalue weighted by atomic mass is 10.2. The van der Waals surface area contributed by atoms with Crippen LogP contribution in [-0.2, 0) is 4.74 Å². The Morgan fingerprint density at radius 2 is 1.60 bits per heavy atom. The molecule has 5 heteroatoms. The summed E-state index contributed by atoms with van der Waals surface area (Å²) in [6, 6.07) is 1.96. The quantitative estimate of drug-likeness (QED) is 0.457. The topological polar surface area (TPSA) is 15.7 Å². The summed E-state index contributed by atoms with van der Waals surface area (Å²) < 4.78 is 7.34. The van der Waals surface area contributed by atoms with Gasteiger partial charge in [-0.25, -0.2) is 0 Å². The molecule has 0 unspecified atom stereocenters. The molecule has 0 saturated heterocycles. The number of rotatable bonds is 11. The molecular formula is C15H26N2OS2. The highest BCUT2D eigenvalue weighted by Crippen LogP contribution is 2.20. The van der Waals surface area contributed by atoms with Gasteiger partial charge < -0.3 is 14.5 Å². The van der Waals surface area contributed by atoms with Gasteiger partial charge in [-0.2, -0.15) is 0 Å². The Kier molecular flexibility index (Phi) is 8.45. The van der Waals surface area contributed by atoms with Crippen molar-refractivity contribution in [2.75, 3.05) is 51.3 Å². The summed E-state index contributed by atoms with van der Waals surface area (Å²) in [5.74, 6) is 0. The van der Waals surface area contributed by atoms with E-state index in [-0.39, 0.29) is 0 Å². The highest BCUT2D eigenvalue weighted by molar-refractivity contribution is 7.74. The Morgan fingerprint density at radius 1 is 1.00 bits per heavy atom. The molecule has 0 fully saturated rings. The normalized spacial score (nSPS) is 11.4. The molecule has 1 aromatic rings. The largest absolute Gasteiger partial charge is 0.378 e. The minimum Gasteiger partial charge on any atom is -0.378 e. The second-order valence-corrected chi connectivity index (χ2v) is 5.95. The number of ether oxygens (including phenoxy) is 1. The van der Waals surface area contributed by atoms with Gasteiger partial charge in [0.2, 0.25) is 0 Å². The highest BCUT2D eigenvalue weighted by atomic mass is 32.1. The van der Waals surface area contributed by atoms with E-state index in [1.807, 2.05) is 13.1 Å². The number of hydrogen-bond donors (Lipinski definition) is 0. The van der Waals surface area contributed by atoms with Gasteiger partial charge in [-0.1, -0.05) is 38.3 Å². The first kappa shape index (κ1) is 17.7. The van der Waals surface area contributed by atoms with Gasteiger partial charge in [0.1, 0.15) is 0 Å². The van der Waals surface area contributed by atoms with Crippen molar-refractivity contribution in [2.24, 2.45) is 0 Å². The number of hydrogen-bond acceptors (Lipinski definition) is 5. The molecule has 0 N–H and O–H groups in total. The van der Waals surface area contributed by atoms with Crippen molar-refractivity contribution >= 4 is 30.1 Å². The fourth-order valence-corrected chi connectivity index (χ4v) is 2.66. The molecule has 0 heterocycles. The van der Waals surface area contributed by atoms with Crippen LogP contribution >= 0.6 is 24.4 Å². The van der Waals surface area contributed by atoms with E-state index >= 15 is 0 Å². The van der Waals surface area contributed by atoms with E-state index < -0.39 is 0 Å². The standard InChI is InChI=1S/C15H26N2OS2/c1-4-6-17(7-5-2)9-11-18-10-8-16(3)13-12-14(19)15(13)20/h12H,4-11H2,1-3H3. The number of nitrogens with zero attached hydrogens (tertiary/aromatic N) is 2. The lowest BCUT2D eigenvalue weighted by molar-refractivity contribution is 0.108. The SMILES string of the molecule is CCCN(CCC)CCOCCN(C)c1cc(=S)c1=S. The first-order chi connectivity index (χ1) is 9.60. The van der Waals surface area contributed by atoms with Crippen molar-refractivity contribution in [3.8, 4) is 0 Å². The molecule has 0 aliphatic carbocycles. The van der Waals surface area contributed by atoms with Crippen LogP contribution in [0.5, 0.6) is 0 Å². The van der Waals surface area contributed by atoms with Crippen molar-refractivity contribution in [3.63, 3.8) is 0 Å². The molecule has 0 aromatic heterocycles. The third kappa shape index (κ3) is 5.56. The fraction of sp³-hybridized carbons (Fsp3) is 0.733. The Morgan fingerprint density at radius 3 is 2.10 bits per heavy atom. The zero-order chi connectivity index (χ0) is 15.0. The maximum Gasteiger partial charge on any atom is 0.0792 e. The maximum atomic E-state index is 5.72. The summed E-state index contributed by atoms with van der Waals surface area (Å²) in [7, 11) is 2.03. The maximum absolute atomic E-state index is 5.72. The van der Waals surface area contributed by atoms with Crippen molar-refractivity contribution in [3.05, 3.63) is 15.1 Å². The number of anilines is 1. The minimum absolute atomic E-state index is 0.731. The third-order valence-electron chi connectivity index (χ3n) is 3.34. The Bertz CT molecular complexity index is 448. The predicted molar refractivity (Wildman–Crippen MR) is 91.6 cm³/mol. The molecule has 0 aliphatic rings. The van der Waals surface area contributed by atoms with Crippen LogP contribution in [0.3, 0.4) is 0 Å². The van der Waals surface area contributed by atoms with Crippen LogP contribution in [-0.4, -0.2) is 51.3 Å². The fourth-order valence-electron chi connectivity index (χ4n) is 2.17. The molecular weight excluding hydrogens is 288 g/mol. The second-order valence-electron chi connectivity index (χ2n) is 5.10. The van der Waals surface area contributed by atoms with Crippen LogP contribution in [0, 0.1) is 9.02 Å². The number of likely N-dealkylation sites (N-methyl/N-ethyl adjacent to an activating group) is 1. The van der Waals surface area contributed by atoms with E-state index in [0.29, 0.717) is 0 Å². The first-order valence-electron chi connectivity index (χ1n) is 7.41. The van der Waals surface area contributed by atoms with Crippen LogP contribution in [0.1, 0.15) is 26.7 Å². The summed E-state index contributed by atoms with van der Waals surface area (Å²) >= 11 is 10.3. The summed E-state index contributed by atoms with van der Waals surface area (Å²) in [4.78, 5) is 4.58. The molecule has 0 atom stereocenters. The van der Waals surface area contributed by atoms with Crippen LogP contribution in [0.4, 0.5) is 5.69 Å². The lowest BCUT2D eigenvalue weighted by Crippen LogP contribution is -2.30. The average molecular weight is 315 g/mol. The highest BCUT2D eigenvalue weighted by Gasteiger charge is 2.08. The summed E-state index contributed by atoms with van der Waals surface area (Å²) in [6.45, 7) is 10.2. The van der Waals surface area contributed by atoms with E-state index in [2.05, 4.69) is 23.6 Å². The Labute approximate surface area is 133 Å². The molecule has 0 radical (unpaired) electrons. The molecule has 1 aromatic carbocycles. The van der Waals surface area contributed by atoms with Crippen LogP contribution in [0.2, 0.25) is 0 Å². The van der Waals surface area contributed by atoms with E-state index in [0.717, 1.165) is 54.1 Å². The smallest absolute Gasteiger partial charge is 0.0792 e. The van der Waals surface area contributed by atoms with Gasteiger partial charge in [-0.05, 0) is 32.0 Å². The van der Waals surface area contributed by atoms with Crippen molar-refractivity contribution in [1.29, 1.82) is 0 Å². The van der Waals surface area contributed by atoms with Gasteiger partial charge in [0.05, 0.1) is 27.9 Å². The summed E-state index contributed by atoms with van der Waals surface area (Å²) in [6.07, 6.45) is 2.41. The zero-order valence-electron chi connectivity index (χ0n) is 12.9. The average Bonchev–Trinajstić information content (AvgIpc) is 2.44. The van der Waals surface area contributed by atoms with Crippen LogP contribution in [0.15, 0.2) is 6.07 Å². The summed E-state index contributed by atoms with van der Waals surface area (Å²) in [5.41, 5.74) is 1.08. The molecule has 0 amide bonds. The van der Waals surface area contributed by atoms with Gasteiger partial charge >= 0.3 is 0 Å². The van der Waals surface area contributed by atoms with Gasteiger partial charge in [0.15, 0.2) is 0 Å². The molecule has 0 bridgehead atoms. The third-order valence-corrected chi connectivity index (χ3v) is 4.22. The Balaban J connectivity index is 2.14. The summed E-state index contributed by atoms with van der Waals surface area (Å²) in [5, 5.41) is 0. The molecule has 0 spiro atoms. The van der Waals surface area contributed by atoms with Crippen molar-refractivity contribution in [1.82, 2.24) is 4.90 Å². The molecule has 1 rings (SSSR count). The van der Waals surface area contributed by atoms with Gasteiger partial charge in [-0.3, -0.25) is 0 Å². The predicted octanol–water partition coefficient (Wildman–Crippen LogP) is 3.60. The lowest BCUT2D eigenvalue weighted by Gasteiger charge is -2.23. The molecule has 3 nitrogen and oxygen atoms in total. The van der Waals surface area contributed by atoms with Crippen LogP contribution < -0.4 is 4.90 Å². The van der Waals surface area contributed by atoms with E-state index in [1.165, 1.54) is 12.8 Å².